The van der Waals surface area contributed by atoms with Gasteiger partial charge in [-0.3, -0.25) is 0 Å². The third kappa shape index (κ3) is 3.12. The number of ether oxygens (including phenoxy) is 1. The maximum Gasteiger partial charge on any atom is 0.237 e. The second-order valence-electron chi connectivity index (χ2n) is 4.40. The van der Waals surface area contributed by atoms with Gasteiger partial charge in [-0.2, -0.15) is 0 Å². The molecule has 0 aliphatic carbocycles. The van der Waals surface area contributed by atoms with Crippen LogP contribution in [0.3, 0.4) is 0 Å². The molecule has 0 spiro atoms. The summed E-state index contributed by atoms with van der Waals surface area (Å²) in [6.45, 7) is 4.30. The lowest BCUT2D eigenvalue weighted by molar-refractivity contribution is 0.328. The molecule has 0 fully saturated rings. The van der Waals surface area contributed by atoms with E-state index in [0.717, 1.165) is 5.69 Å². The van der Waals surface area contributed by atoms with Gasteiger partial charge in [0.15, 0.2) is 0 Å². The van der Waals surface area contributed by atoms with Gasteiger partial charge in [-0.1, -0.05) is 0 Å². The van der Waals surface area contributed by atoms with Gasteiger partial charge in [-0.25, -0.2) is 4.98 Å². The van der Waals surface area contributed by atoms with Crippen molar-refractivity contribution in [3.8, 4) is 17.4 Å². The molecule has 0 amide bonds. The molecule has 0 saturated heterocycles. The molecule has 0 bridgehead atoms. The van der Waals surface area contributed by atoms with Crippen molar-refractivity contribution in [2.45, 2.75) is 19.9 Å². The van der Waals surface area contributed by atoms with E-state index < -0.39 is 0 Å². The summed E-state index contributed by atoms with van der Waals surface area (Å²) >= 11 is 0. The first kappa shape index (κ1) is 14.0. The van der Waals surface area contributed by atoms with Crippen LogP contribution in [0.5, 0.6) is 17.4 Å². The average molecular weight is 274 g/mol. The third-order valence-electron chi connectivity index (χ3n) is 2.90. The van der Waals surface area contributed by atoms with Crippen LogP contribution >= 0.6 is 0 Å². The number of nitrogens with zero attached hydrogens (tertiary/aromatic N) is 1. The summed E-state index contributed by atoms with van der Waals surface area (Å²) in [4.78, 5) is 4.16. The number of anilines is 1. The van der Waals surface area contributed by atoms with Gasteiger partial charge in [-0.15, -0.1) is 0 Å². The Morgan fingerprint density at radius 3 is 2.85 bits per heavy atom. The lowest BCUT2D eigenvalue weighted by atomic mass is 10.1. The summed E-state index contributed by atoms with van der Waals surface area (Å²) in [5.41, 5.74) is 1.35. The van der Waals surface area contributed by atoms with Gasteiger partial charge in [0.25, 0.3) is 0 Å². The molecule has 1 atom stereocenters. The van der Waals surface area contributed by atoms with Crippen molar-refractivity contribution in [3.63, 3.8) is 0 Å². The van der Waals surface area contributed by atoms with E-state index in [0.29, 0.717) is 18.1 Å². The van der Waals surface area contributed by atoms with E-state index in [2.05, 4.69) is 10.3 Å². The number of hydrogen-bond donors (Lipinski definition) is 3. The Kier molecular flexibility index (Phi) is 4.30. The smallest absolute Gasteiger partial charge is 0.237 e. The molecule has 0 saturated carbocycles. The topological polar surface area (TPSA) is 74.6 Å². The molecule has 106 valence electrons. The Bertz CT molecular complexity index is 587. The summed E-state index contributed by atoms with van der Waals surface area (Å²) in [5.74, 6) is 0.758. The quantitative estimate of drug-likeness (QED) is 0.731. The van der Waals surface area contributed by atoms with E-state index in [1.54, 1.807) is 12.3 Å². The number of nitrogens with one attached hydrogen (secondary N) is 1. The maximum atomic E-state index is 9.86. The monoisotopic (exact) mass is 274 g/mol. The minimum absolute atomic E-state index is 0.114. The number of rotatable bonds is 5. The largest absolute Gasteiger partial charge is 0.508 e. The molecular weight excluding hydrogens is 256 g/mol. The van der Waals surface area contributed by atoms with Gasteiger partial charge in [0.2, 0.25) is 5.88 Å². The van der Waals surface area contributed by atoms with E-state index in [1.807, 2.05) is 19.9 Å². The van der Waals surface area contributed by atoms with Crippen LogP contribution < -0.4 is 10.1 Å². The van der Waals surface area contributed by atoms with Gasteiger partial charge < -0.3 is 20.3 Å². The maximum absolute atomic E-state index is 9.86. The van der Waals surface area contributed by atoms with Crippen molar-refractivity contribution in [3.05, 3.63) is 42.1 Å². The first-order chi connectivity index (χ1) is 9.61. The molecule has 0 radical (unpaired) electrons. The number of phenols is 2. The van der Waals surface area contributed by atoms with Crippen molar-refractivity contribution in [1.29, 1.82) is 0 Å². The molecule has 5 nitrogen and oxygen atoms in total. The molecule has 1 heterocycles. The first-order valence-corrected chi connectivity index (χ1v) is 6.48. The summed E-state index contributed by atoms with van der Waals surface area (Å²) in [5, 5.41) is 22.6. The zero-order chi connectivity index (χ0) is 14.5. The van der Waals surface area contributed by atoms with Gasteiger partial charge >= 0.3 is 0 Å². The molecule has 3 N–H and O–H groups in total. The highest BCUT2D eigenvalue weighted by Crippen LogP contribution is 2.32. The number of aromatic hydroxyl groups is 2. The highest BCUT2D eigenvalue weighted by Gasteiger charge is 2.13. The second kappa shape index (κ2) is 6.14. The minimum Gasteiger partial charge on any atom is -0.508 e. The molecule has 0 aliphatic rings. The number of benzene rings is 1. The number of aromatic nitrogens is 1. The summed E-state index contributed by atoms with van der Waals surface area (Å²) in [6.07, 6.45) is 1.66. The van der Waals surface area contributed by atoms with Crippen LogP contribution in [0.4, 0.5) is 5.69 Å². The normalized spacial score (nSPS) is 11.9. The van der Waals surface area contributed by atoms with E-state index in [9.17, 15) is 10.2 Å². The molecule has 2 aromatic rings. The molecule has 1 unspecified atom stereocenters. The fraction of sp³-hybridized carbons (Fsp3) is 0.267. The number of pyridine rings is 1. The summed E-state index contributed by atoms with van der Waals surface area (Å²) in [6, 6.07) is 7.90. The first-order valence-electron chi connectivity index (χ1n) is 6.48. The fourth-order valence-corrected chi connectivity index (χ4v) is 1.95. The summed E-state index contributed by atoms with van der Waals surface area (Å²) < 4.78 is 5.44. The van der Waals surface area contributed by atoms with Crippen molar-refractivity contribution >= 4 is 5.69 Å². The van der Waals surface area contributed by atoms with Gasteiger partial charge in [0.05, 0.1) is 18.3 Å². The molecule has 2 rings (SSSR count). The molecule has 1 aromatic heterocycles. The van der Waals surface area contributed by atoms with E-state index in [4.69, 9.17) is 4.74 Å². The Hall–Kier alpha value is -2.43. The Balaban J connectivity index is 2.23. The Labute approximate surface area is 117 Å². The van der Waals surface area contributed by atoms with Crippen LogP contribution in [0.25, 0.3) is 0 Å². The highest BCUT2D eigenvalue weighted by atomic mass is 16.5. The van der Waals surface area contributed by atoms with Crippen LogP contribution in [0.15, 0.2) is 36.5 Å². The Morgan fingerprint density at radius 1 is 1.30 bits per heavy atom. The molecule has 0 aliphatic heterocycles. The molecule has 5 heteroatoms. The lowest BCUT2D eigenvalue weighted by Crippen LogP contribution is -2.09. The number of phenolic OH excluding ortho intramolecular Hbond substituents is 2. The lowest BCUT2D eigenvalue weighted by Gasteiger charge is -2.18. The third-order valence-corrected chi connectivity index (χ3v) is 2.90. The Morgan fingerprint density at radius 2 is 2.10 bits per heavy atom. The average Bonchev–Trinajstić information content (AvgIpc) is 2.44. The van der Waals surface area contributed by atoms with E-state index in [-0.39, 0.29) is 17.5 Å². The predicted octanol–water partition coefficient (Wildman–Crippen LogP) is 3.06. The van der Waals surface area contributed by atoms with Crippen LogP contribution in [0.1, 0.15) is 25.5 Å². The van der Waals surface area contributed by atoms with Gasteiger partial charge in [-0.05, 0) is 44.2 Å². The zero-order valence-corrected chi connectivity index (χ0v) is 11.5. The SMILES string of the molecule is CCOc1ncccc1NC(C)c1cc(O)ccc1O. The van der Waals surface area contributed by atoms with Crippen molar-refractivity contribution in [1.82, 2.24) is 4.98 Å². The van der Waals surface area contributed by atoms with Crippen molar-refractivity contribution in [2.24, 2.45) is 0 Å². The molecule has 20 heavy (non-hydrogen) atoms. The second-order valence-corrected chi connectivity index (χ2v) is 4.40. The predicted molar refractivity (Wildman–Crippen MR) is 77.2 cm³/mol. The van der Waals surface area contributed by atoms with Crippen LogP contribution in [0, 0.1) is 0 Å². The minimum atomic E-state index is -0.203. The standard InChI is InChI=1S/C15H18N2O3/c1-3-20-15-13(5-4-8-16-15)17-10(2)12-9-11(18)6-7-14(12)19/h4-10,17-19H,3H2,1-2H3. The van der Waals surface area contributed by atoms with Gasteiger partial charge in [0.1, 0.15) is 11.5 Å². The number of hydrogen-bond acceptors (Lipinski definition) is 5. The van der Waals surface area contributed by atoms with E-state index >= 15 is 0 Å². The van der Waals surface area contributed by atoms with Crippen LogP contribution in [-0.4, -0.2) is 21.8 Å². The fourth-order valence-electron chi connectivity index (χ4n) is 1.95. The highest BCUT2D eigenvalue weighted by molar-refractivity contribution is 5.55. The van der Waals surface area contributed by atoms with E-state index in [1.165, 1.54) is 18.2 Å². The molecule has 1 aromatic carbocycles. The van der Waals surface area contributed by atoms with Gasteiger partial charge in [0, 0.05) is 11.8 Å². The summed E-state index contributed by atoms with van der Waals surface area (Å²) in [7, 11) is 0. The zero-order valence-electron chi connectivity index (χ0n) is 11.5. The molecular formula is C15H18N2O3. The van der Waals surface area contributed by atoms with Crippen LogP contribution in [0.2, 0.25) is 0 Å². The van der Waals surface area contributed by atoms with Crippen molar-refractivity contribution < 1.29 is 14.9 Å². The van der Waals surface area contributed by atoms with Crippen molar-refractivity contribution in [2.75, 3.05) is 11.9 Å². The van der Waals surface area contributed by atoms with Crippen LogP contribution in [-0.2, 0) is 0 Å².